The minimum atomic E-state index is -2.69. The fourth-order valence-electron chi connectivity index (χ4n) is 1.88. The molecule has 0 aromatic carbocycles. The van der Waals surface area contributed by atoms with E-state index in [4.69, 9.17) is 0 Å². The molecule has 14 heavy (non-hydrogen) atoms. The first-order valence-corrected chi connectivity index (χ1v) is 5.01. The van der Waals surface area contributed by atoms with Crippen molar-refractivity contribution in [1.82, 2.24) is 0 Å². The maximum absolute atomic E-state index is 13.4. The van der Waals surface area contributed by atoms with Crippen LogP contribution in [0.2, 0.25) is 0 Å². The number of ether oxygens (including phenoxy) is 1. The molecule has 0 heterocycles. The summed E-state index contributed by atoms with van der Waals surface area (Å²) in [5.74, 6) is -4.04. The Morgan fingerprint density at radius 3 is 2.79 bits per heavy atom. The molecule has 0 spiro atoms. The van der Waals surface area contributed by atoms with E-state index in [1.54, 1.807) is 0 Å². The maximum atomic E-state index is 13.4. The molecule has 2 nitrogen and oxygen atoms in total. The molecule has 4 heteroatoms. The number of hydrogen-bond donors (Lipinski definition) is 0. The fourth-order valence-corrected chi connectivity index (χ4v) is 1.88. The van der Waals surface area contributed by atoms with Crippen molar-refractivity contribution in [3.63, 3.8) is 0 Å². The predicted octanol–water partition coefficient (Wildman–Crippen LogP) is 2.77. The van der Waals surface area contributed by atoms with Gasteiger partial charge in [-0.1, -0.05) is 12.8 Å². The first-order valence-electron chi connectivity index (χ1n) is 5.01. The van der Waals surface area contributed by atoms with Crippen molar-refractivity contribution in [3.8, 4) is 0 Å². The molecule has 1 unspecified atom stereocenters. The van der Waals surface area contributed by atoms with Crippen LogP contribution >= 0.6 is 0 Å². The van der Waals surface area contributed by atoms with Gasteiger partial charge in [0, 0.05) is 12.3 Å². The fraction of sp³-hybridized carbons (Fsp3) is 0.900. The summed E-state index contributed by atoms with van der Waals surface area (Å²) in [6.45, 7) is 0. The first kappa shape index (κ1) is 11.4. The third-order valence-electron chi connectivity index (χ3n) is 2.80. The van der Waals surface area contributed by atoms with Gasteiger partial charge in [0.15, 0.2) is 0 Å². The number of carbonyl (C=O) groups is 1. The third kappa shape index (κ3) is 2.93. The lowest BCUT2D eigenvalue weighted by Gasteiger charge is -2.23. The smallest absolute Gasteiger partial charge is 0.306 e. The number of methoxy groups -OCH3 is 1. The van der Waals surface area contributed by atoms with Gasteiger partial charge >= 0.3 is 5.97 Å². The van der Waals surface area contributed by atoms with E-state index in [2.05, 4.69) is 4.74 Å². The van der Waals surface area contributed by atoms with Crippen molar-refractivity contribution >= 4 is 5.97 Å². The Morgan fingerprint density at radius 1 is 1.43 bits per heavy atom. The lowest BCUT2D eigenvalue weighted by Crippen LogP contribution is -2.29. The largest absolute Gasteiger partial charge is 0.469 e. The van der Waals surface area contributed by atoms with Crippen LogP contribution < -0.4 is 0 Å². The Morgan fingerprint density at radius 2 is 2.14 bits per heavy atom. The summed E-state index contributed by atoms with van der Waals surface area (Å²) in [6, 6.07) is 0. The highest BCUT2D eigenvalue weighted by atomic mass is 19.3. The molecule has 82 valence electrons. The van der Waals surface area contributed by atoms with E-state index in [1.807, 2.05) is 0 Å². The Labute approximate surface area is 82.6 Å². The van der Waals surface area contributed by atoms with E-state index in [1.165, 1.54) is 7.11 Å². The average molecular weight is 206 g/mol. The molecule has 1 aliphatic carbocycles. The predicted molar refractivity (Wildman–Crippen MR) is 48.2 cm³/mol. The molecule has 1 atom stereocenters. The Balaban J connectivity index is 2.57. The molecule has 0 bridgehead atoms. The van der Waals surface area contributed by atoms with Gasteiger partial charge in [-0.05, 0) is 12.8 Å². The molecule has 0 amide bonds. The van der Waals surface area contributed by atoms with Gasteiger partial charge in [0.25, 0.3) is 5.92 Å². The van der Waals surface area contributed by atoms with Crippen molar-refractivity contribution in [1.29, 1.82) is 0 Å². The molecule has 0 N–H and O–H groups in total. The van der Waals surface area contributed by atoms with Crippen molar-refractivity contribution in [2.75, 3.05) is 7.11 Å². The number of rotatable bonds is 2. The second kappa shape index (κ2) is 4.71. The van der Waals surface area contributed by atoms with Gasteiger partial charge in [0.2, 0.25) is 0 Å². The summed E-state index contributed by atoms with van der Waals surface area (Å²) in [6.07, 6.45) is 2.38. The molecule has 0 aromatic rings. The Bertz CT molecular complexity index is 204. The van der Waals surface area contributed by atoms with Crippen molar-refractivity contribution in [2.45, 2.75) is 44.4 Å². The van der Waals surface area contributed by atoms with Crippen LogP contribution in [0.25, 0.3) is 0 Å². The van der Waals surface area contributed by atoms with Crippen LogP contribution in [0.4, 0.5) is 8.78 Å². The van der Waals surface area contributed by atoms with Gasteiger partial charge < -0.3 is 4.74 Å². The van der Waals surface area contributed by atoms with Gasteiger partial charge in [-0.15, -0.1) is 0 Å². The summed E-state index contributed by atoms with van der Waals surface area (Å²) < 4.78 is 31.3. The zero-order chi connectivity index (χ0) is 10.6. The molecule has 0 aromatic heterocycles. The van der Waals surface area contributed by atoms with Crippen molar-refractivity contribution in [2.24, 2.45) is 5.92 Å². The zero-order valence-corrected chi connectivity index (χ0v) is 8.39. The van der Waals surface area contributed by atoms with Gasteiger partial charge in [0.05, 0.1) is 13.5 Å². The highest BCUT2D eigenvalue weighted by Gasteiger charge is 2.41. The van der Waals surface area contributed by atoms with Gasteiger partial charge in [-0.25, -0.2) is 8.78 Å². The van der Waals surface area contributed by atoms with E-state index in [0.29, 0.717) is 12.8 Å². The average Bonchev–Trinajstić information content (AvgIpc) is 2.29. The SMILES string of the molecule is COC(=O)CC1CCCCCC1(F)F. The number of esters is 1. The van der Waals surface area contributed by atoms with Crippen LogP contribution in [0.1, 0.15) is 38.5 Å². The topological polar surface area (TPSA) is 26.3 Å². The highest BCUT2D eigenvalue weighted by molar-refractivity contribution is 5.69. The molecular weight excluding hydrogens is 190 g/mol. The third-order valence-corrected chi connectivity index (χ3v) is 2.80. The van der Waals surface area contributed by atoms with E-state index in [-0.39, 0.29) is 12.8 Å². The second-order valence-corrected chi connectivity index (χ2v) is 3.84. The summed E-state index contributed by atoms with van der Waals surface area (Å²) in [4.78, 5) is 10.9. The summed E-state index contributed by atoms with van der Waals surface area (Å²) in [5, 5.41) is 0. The van der Waals surface area contributed by atoms with Crippen LogP contribution in [0.15, 0.2) is 0 Å². The number of hydrogen-bond acceptors (Lipinski definition) is 2. The first-order chi connectivity index (χ1) is 6.56. The molecule has 0 aliphatic heterocycles. The van der Waals surface area contributed by atoms with Crippen molar-refractivity contribution < 1.29 is 18.3 Å². The molecule has 0 radical (unpaired) electrons. The van der Waals surface area contributed by atoms with Crippen LogP contribution in [-0.4, -0.2) is 19.0 Å². The minimum Gasteiger partial charge on any atom is -0.469 e. The minimum absolute atomic E-state index is 0.0886. The van der Waals surface area contributed by atoms with Gasteiger partial charge in [0.1, 0.15) is 0 Å². The van der Waals surface area contributed by atoms with Crippen LogP contribution in [0.5, 0.6) is 0 Å². The number of carbonyl (C=O) groups excluding carboxylic acids is 1. The van der Waals surface area contributed by atoms with E-state index in [0.717, 1.165) is 12.8 Å². The zero-order valence-electron chi connectivity index (χ0n) is 8.39. The molecule has 1 rings (SSSR count). The lowest BCUT2D eigenvalue weighted by molar-refractivity contribution is -0.147. The van der Waals surface area contributed by atoms with Crippen LogP contribution in [-0.2, 0) is 9.53 Å². The molecule has 1 aliphatic rings. The van der Waals surface area contributed by atoms with E-state index in [9.17, 15) is 13.6 Å². The normalized spacial score (nSPS) is 26.6. The molecule has 0 saturated heterocycles. The standard InChI is InChI=1S/C10H16F2O2/c1-14-9(13)7-8-5-3-2-4-6-10(8,11)12/h8H,2-7H2,1H3. The second-order valence-electron chi connectivity index (χ2n) is 3.84. The van der Waals surface area contributed by atoms with Gasteiger partial charge in [-0.2, -0.15) is 0 Å². The number of alkyl halides is 2. The number of halogens is 2. The maximum Gasteiger partial charge on any atom is 0.306 e. The molecular formula is C10H16F2O2. The van der Waals surface area contributed by atoms with Gasteiger partial charge in [-0.3, -0.25) is 4.79 Å². The Kier molecular flexibility index (Phi) is 3.84. The van der Waals surface area contributed by atoms with E-state index >= 15 is 0 Å². The highest BCUT2D eigenvalue weighted by Crippen LogP contribution is 2.38. The van der Waals surface area contributed by atoms with Crippen molar-refractivity contribution in [3.05, 3.63) is 0 Å². The quantitative estimate of drug-likeness (QED) is 0.513. The lowest BCUT2D eigenvalue weighted by atomic mass is 9.93. The summed E-state index contributed by atoms with van der Waals surface area (Å²) in [5.41, 5.74) is 0. The van der Waals surface area contributed by atoms with E-state index < -0.39 is 17.8 Å². The van der Waals surface area contributed by atoms with Crippen LogP contribution in [0, 0.1) is 5.92 Å². The molecule has 1 saturated carbocycles. The monoisotopic (exact) mass is 206 g/mol. The van der Waals surface area contributed by atoms with Crippen LogP contribution in [0.3, 0.4) is 0 Å². The molecule has 1 fully saturated rings. The summed E-state index contributed by atoms with van der Waals surface area (Å²) >= 11 is 0. The Hall–Kier alpha value is -0.670. The summed E-state index contributed by atoms with van der Waals surface area (Å²) in [7, 11) is 1.23.